The van der Waals surface area contributed by atoms with E-state index in [0.717, 1.165) is 5.56 Å². The summed E-state index contributed by atoms with van der Waals surface area (Å²) in [5.41, 5.74) is 3.02. The van der Waals surface area contributed by atoms with Gasteiger partial charge in [-0.1, -0.05) is 59.9 Å². The number of hydrogen-bond donors (Lipinski definition) is 0. The molecule has 12 heteroatoms. The molecule has 0 N–H and O–H groups in total. The number of benzene rings is 4. The Morgan fingerprint density at radius 3 is 2.34 bits per heavy atom. The van der Waals surface area contributed by atoms with Gasteiger partial charge in [-0.2, -0.15) is 0 Å². The second-order valence-corrected chi connectivity index (χ2v) is 12.9. The minimum atomic E-state index is -0.897. The molecule has 256 valence electrons. The molecule has 1 atom stereocenters. The lowest BCUT2D eigenvalue weighted by Crippen LogP contribution is -2.40. The summed E-state index contributed by atoms with van der Waals surface area (Å²) < 4.78 is 44.2. The monoisotopic (exact) mass is 758 g/mol. The first-order valence-corrected chi connectivity index (χ1v) is 17.1. The smallest absolute Gasteiger partial charge is 0.338 e. The molecule has 2 heterocycles. The third-order valence-corrected chi connectivity index (χ3v) is 9.51. The number of carbonyl (C=O) groups is 1. The molecule has 1 aromatic heterocycles. The van der Waals surface area contributed by atoms with E-state index in [1.165, 1.54) is 49.4 Å². The summed E-state index contributed by atoms with van der Waals surface area (Å²) in [6, 6.07) is 23.3. The molecule has 1 aliphatic rings. The summed E-state index contributed by atoms with van der Waals surface area (Å²) in [6.07, 6.45) is 1.74. The highest BCUT2D eigenvalue weighted by Crippen LogP contribution is 2.39. The van der Waals surface area contributed by atoms with Crippen LogP contribution in [0.15, 0.2) is 105 Å². The van der Waals surface area contributed by atoms with Gasteiger partial charge in [-0.3, -0.25) is 9.36 Å². The van der Waals surface area contributed by atoms with Crippen molar-refractivity contribution in [2.45, 2.75) is 19.6 Å². The van der Waals surface area contributed by atoms with Gasteiger partial charge >= 0.3 is 5.97 Å². The number of hydrogen-bond acceptors (Lipinski definition) is 9. The maximum absolute atomic E-state index is 14.4. The molecule has 5 aromatic rings. The topological polar surface area (TPSA) is 97.6 Å². The van der Waals surface area contributed by atoms with Crippen LogP contribution in [0.4, 0.5) is 4.39 Å². The summed E-state index contributed by atoms with van der Waals surface area (Å²) in [6.45, 7) is 2.05. The Labute approximate surface area is 299 Å². The first-order chi connectivity index (χ1) is 24.3. The number of thiazole rings is 1. The second-order valence-electron chi connectivity index (χ2n) is 11.0. The van der Waals surface area contributed by atoms with Gasteiger partial charge in [0.05, 0.1) is 54.3 Å². The zero-order valence-corrected chi connectivity index (χ0v) is 30.0. The van der Waals surface area contributed by atoms with E-state index in [2.05, 4.69) is 15.9 Å². The lowest BCUT2D eigenvalue weighted by atomic mass is 9.93. The van der Waals surface area contributed by atoms with Crippen LogP contribution < -0.4 is 33.8 Å². The van der Waals surface area contributed by atoms with Gasteiger partial charge in [-0.25, -0.2) is 14.2 Å². The van der Waals surface area contributed by atoms with Gasteiger partial charge in [0.2, 0.25) is 0 Å². The van der Waals surface area contributed by atoms with Gasteiger partial charge in [-0.15, -0.1) is 0 Å². The fourth-order valence-electron chi connectivity index (χ4n) is 5.63. The number of fused-ring (bicyclic) bond motifs is 1. The van der Waals surface area contributed by atoms with Crippen LogP contribution in [0.2, 0.25) is 0 Å². The molecule has 0 saturated heterocycles. The normalized spacial score (nSPS) is 14.1. The van der Waals surface area contributed by atoms with Crippen LogP contribution in [0.25, 0.3) is 11.8 Å². The van der Waals surface area contributed by atoms with Crippen molar-refractivity contribution < 1.29 is 32.9 Å². The highest BCUT2D eigenvalue weighted by atomic mass is 79.9. The number of nitrogens with zero attached hydrogens (tertiary/aromatic N) is 2. The van der Waals surface area contributed by atoms with Gasteiger partial charge in [0.15, 0.2) is 27.8 Å². The minimum Gasteiger partial charge on any atom is -0.493 e. The van der Waals surface area contributed by atoms with Crippen molar-refractivity contribution in [3.63, 3.8) is 0 Å². The zero-order chi connectivity index (χ0) is 35.4. The van der Waals surface area contributed by atoms with E-state index in [1.54, 1.807) is 49.4 Å². The SMILES string of the molecule is CCOC(=O)C1=C(c2ccccc2)N=c2s/c(=C\c3cc(Br)c(OCc4ccc(F)cc4)c(OC)c3)c(=O)n2[C@@H]1c1ccc(OC)c(OC)c1. The standard InChI is InChI=1S/C38H32BrFN2O7S/c1-5-48-37(44)32-33(24-9-7-6-8-10-24)41-38-42(34(32)25-13-16-28(45-2)29(20-25)46-3)36(43)31(50-38)19-23-17-27(39)35(30(18-23)47-4)49-21-22-11-14-26(40)15-12-22/h6-20,34H,5,21H2,1-4H3/b31-19-/t34-/m1/s1. The molecule has 1 aliphatic heterocycles. The van der Waals surface area contributed by atoms with Gasteiger partial charge in [-0.05, 0) is 82.0 Å². The van der Waals surface area contributed by atoms with E-state index in [1.807, 2.05) is 36.4 Å². The Morgan fingerprint density at radius 2 is 1.66 bits per heavy atom. The Hall–Kier alpha value is -5.20. The van der Waals surface area contributed by atoms with Gasteiger partial charge in [0.25, 0.3) is 5.56 Å². The van der Waals surface area contributed by atoms with Crippen molar-refractivity contribution in [1.82, 2.24) is 4.57 Å². The van der Waals surface area contributed by atoms with Crippen LogP contribution in [0.5, 0.6) is 23.0 Å². The number of rotatable bonds is 11. The summed E-state index contributed by atoms with van der Waals surface area (Å²) in [5, 5.41) is 0. The van der Waals surface area contributed by atoms with E-state index < -0.39 is 12.0 Å². The first-order valence-electron chi connectivity index (χ1n) is 15.5. The molecule has 0 bridgehead atoms. The zero-order valence-electron chi connectivity index (χ0n) is 27.6. The Morgan fingerprint density at radius 1 is 0.940 bits per heavy atom. The number of aromatic nitrogens is 1. The molecule has 0 fully saturated rings. The summed E-state index contributed by atoms with van der Waals surface area (Å²) in [4.78, 5) is 33.5. The average molecular weight is 760 g/mol. The maximum atomic E-state index is 14.4. The Balaban J connectivity index is 1.51. The van der Waals surface area contributed by atoms with Gasteiger partial charge < -0.3 is 23.7 Å². The molecule has 0 spiro atoms. The van der Waals surface area contributed by atoms with Crippen LogP contribution in [0, 0.1) is 5.82 Å². The highest BCUT2D eigenvalue weighted by Gasteiger charge is 2.35. The quantitative estimate of drug-likeness (QED) is 0.143. The van der Waals surface area contributed by atoms with E-state index >= 15 is 0 Å². The van der Waals surface area contributed by atoms with Crippen molar-refractivity contribution in [3.8, 4) is 23.0 Å². The van der Waals surface area contributed by atoms with E-state index in [-0.39, 0.29) is 30.2 Å². The lowest BCUT2D eigenvalue weighted by Gasteiger charge is -2.26. The van der Waals surface area contributed by atoms with Gasteiger partial charge in [0, 0.05) is 5.56 Å². The first kappa shape index (κ1) is 34.7. The third-order valence-electron chi connectivity index (χ3n) is 7.94. The summed E-state index contributed by atoms with van der Waals surface area (Å²) >= 11 is 4.79. The van der Waals surface area contributed by atoms with Crippen LogP contribution in [0.3, 0.4) is 0 Å². The molecule has 9 nitrogen and oxygen atoms in total. The molecule has 0 saturated carbocycles. The van der Waals surface area contributed by atoms with Gasteiger partial charge in [0.1, 0.15) is 12.4 Å². The Bertz CT molecular complexity index is 2270. The molecule has 0 unspecified atom stereocenters. The number of methoxy groups -OCH3 is 3. The summed E-state index contributed by atoms with van der Waals surface area (Å²) in [5.74, 6) is 0.903. The van der Waals surface area contributed by atoms with Crippen molar-refractivity contribution in [2.75, 3.05) is 27.9 Å². The van der Waals surface area contributed by atoms with E-state index in [0.29, 0.717) is 59.2 Å². The number of halogens is 2. The number of ether oxygens (including phenoxy) is 5. The fraction of sp³-hybridized carbons (Fsp3) is 0.184. The molecular weight excluding hydrogens is 727 g/mol. The summed E-state index contributed by atoms with van der Waals surface area (Å²) in [7, 11) is 4.58. The largest absolute Gasteiger partial charge is 0.493 e. The molecular formula is C38H32BrFN2O7S. The average Bonchev–Trinajstić information content (AvgIpc) is 3.44. The Kier molecular flexibility index (Phi) is 10.5. The van der Waals surface area contributed by atoms with Crippen LogP contribution in [-0.2, 0) is 16.1 Å². The van der Waals surface area contributed by atoms with Crippen LogP contribution in [0.1, 0.15) is 35.2 Å². The van der Waals surface area contributed by atoms with Crippen molar-refractivity contribution >= 4 is 45.0 Å². The minimum absolute atomic E-state index is 0.133. The molecule has 4 aromatic carbocycles. The van der Waals surface area contributed by atoms with Crippen molar-refractivity contribution in [2.24, 2.45) is 4.99 Å². The molecule has 50 heavy (non-hydrogen) atoms. The number of carbonyl (C=O) groups excluding carboxylic acids is 1. The third kappa shape index (κ3) is 6.94. The van der Waals surface area contributed by atoms with E-state index in [9.17, 15) is 14.0 Å². The van der Waals surface area contributed by atoms with Crippen molar-refractivity contribution in [1.29, 1.82) is 0 Å². The highest BCUT2D eigenvalue weighted by molar-refractivity contribution is 9.10. The number of esters is 1. The van der Waals surface area contributed by atoms with Crippen molar-refractivity contribution in [3.05, 3.63) is 143 Å². The fourth-order valence-corrected chi connectivity index (χ4v) is 7.20. The molecule has 0 radical (unpaired) electrons. The predicted molar refractivity (Wildman–Crippen MR) is 192 cm³/mol. The van der Waals surface area contributed by atoms with Crippen LogP contribution in [-0.4, -0.2) is 38.5 Å². The molecule has 0 amide bonds. The molecule has 0 aliphatic carbocycles. The predicted octanol–water partition coefficient (Wildman–Crippen LogP) is 6.44. The van der Waals surface area contributed by atoms with Crippen LogP contribution >= 0.6 is 27.3 Å². The second kappa shape index (κ2) is 15.1. The maximum Gasteiger partial charge on any atom is 0.338 e. The lowest BCUT2D eigenvalue weighted by molar-refractivity contribution is -0.138. The van der Waals surface area contributed by atoms with E-state index in [4.69, 9.17) is 28.7 Å². The molecule has 6 rings (SSSR count).